The molecular formula is C16H29N3O2. The zero-order chi connectivity index (χ0) is 14.8. The van der Waals surface area contributed by atoms with Crippen LogP contribution in [0, 0.1) is 10.8 Å². The molecule has 1 saturated carbocycles. The highest BCUT2D eigenvalue weighted by molar-refractivity contribution is 5.80. The van der Waals surface area contributed by atoms with Gasteiger partial charge in [0.2, 0.25) is 0 Å². The molecule has 3 fully saturated rings. The van der Waals surface area contributed by atoms with E-state index in [0.29, 0.717) is 10.8 Å². The molecule has 0 radical (unpaired) electrons. The highest BCUT2D eigenvalue weighted by Crippen LogP contribution is 2.48. The second-order valence-corrected chi connectivity index (χ2v) is 7.12. The predicted molar refractivity (Wildman–Crippen MR) is 83.6 cm³/mol. The average Bonchev–Trinajstić information content (AvgIpc) is 2.94. The molecule has 3 aliphatic rings. The van der Waals surface area contributed by atoms with Crippen molar-refractivity contribution in [2.45, 2.75) is 32.1 Å². The molecule has 0 aromatic carbocycles. The summed E-state index contributed by atoms with van der Waals surface area (Å²) in [6, 6.07) is 0. The van der Waals surface area contributed by atoms with Crippen molar-refractivity contribution in [1.82, 2.24) is 10.2 Å². The Morgan fingerprint density at radius 2 is 2.19 bits per heavy atom. The van der Waals surface area contributed by atoms with E-state index in [9.17, 15) is 0 Å². The quantitative estimate of drug-likeness (QED) is 0.616. The van der Waals surface area contributed by atoms with E-state index in [1.54, 1.807) is 7.11 Å². The predicted octanol–water partition coefficient (Wildman–Crippen LogP) is 1.49. The van der Waals surface area contributed by atoms with E-state index < -0.39 is 0 Å². The Morgan fingerprint density at radius 1 is 1.33 bits per heavy atom. The van der Waals surface area contributed by atoms with Gasteiger partial charge < -0.3 is 19.7 Å². The van der Waals surface area contributed by atoms with E-state index in [1.807, 2.05) is 7.05 Å². The summed E-state index contributed by atoms with van der Waals surface area (Å²) < 4.78 is 10.8. The lowest BCUT2D eigenvalue weighted by Crippen LogP contribution is -2.43. The normalized spacial score (nSPS) is 31.1. The Hall–Kier alpha value is -0.810. The first-order valence-electron chi connectivity index (χ1n) is 8.23. The van der Waals surface area contributed by atoms with E-state index in [-0.39, 0.29) is 0 Å². The molecule has 0 amide bonds. The van der Waals surface area contributed by atoms with Gasteiger partial charge in [0.25, 0.3) is 0 Å². The number of hydrogen-bond acceptors (Lipinski definition) is 3. The molecule has 0 aromatic rings. The summed E-state index contributed by atoms with van der Waals surface area (Å²) in [6.07, 6.45) is 6.24. The first-order valence-corrected chi connectivity index (χ1v) is 8.23. The number of nitrogens with zero attached hydrogens (tertiary/aromatic N) is 2. The van der Waals surface area contributed by atoms with Crippen molar-refractivity contribution in [2.75, 3.05) is 53.6 Å². The molecule has 2 aliphatic heterocycles. The topological polar surface area (TPSA) is 46.1 Å². The number of guanidine groups is 1. The molecule has 1 spiro atoms. The van der Waals surface area contributed by atoms with Crippen LogP contribution in [0.25, 0.3) is 0 Å². The van der Waals surface area contributed by atoms with Gasteiger partial charge in [-0.05, 0) is 37.5 Å². The van der Waals surface area contributed by atoms with Crippen LogP contribution in [0.1, 0.15) is 32.1 Å². The van der Waals surface area contributed by atoms with Gasteiger partial charge in [0.15, 0.2) is 5.96 Å². The third-order valence-corrected chi connectivity index (χ3v) is 5.55. The van der Waals surface area contributed by atoms with Crippen LogP contribution >= 0.6 is 0 Å². The second kappa shape index (κ2) is 6.13. The van der Waals surface area contributed by atoms with Gasteiger partial charge in [0.1, 0.15) is 0 Å². The molecule has 21 heavy (non-hydrogen) atoms. The molecule has 5 nitrogen and oxygen atoms in total. The molecule has 0 bridgehead atoms. The van der Waals surface area contributed by atoms with Gasteiger partial charge in [-0.25, -0.2) is 0 Å². The Labute approximate surface area is 128 Å². The number of aliphatic imine (C=N–C) groups is 1. The summed E-state index contributed by atoms with van der Waals surface area (Å²) in [4.78, 5) is 6.91. The number of ether oxygens (including phenoxy) is 2. The van der Waals surface area contributed by atoms with Gasteiger partial charge in [0.05, 0.1) is 6.61 Å². The van der Waals surface area contributed by atoms with E-state index in [4.69, 9.17) is 9.47 Å². The zero-order valence-corrected chi connectivity index (χ0v) is 13.5. The Kier molecular flexibility index (Phi) is 4.41. The van der Waals surface area contributed by atoms with Crippen molar-refractivity contribution in [3.63, 3.8) is 0 Å². The fourth-order valence-electron chi connectivity index (χ4n) is 3.70. The lowest BCUT2D eigenvalue weighted by atomic mass is 9.87. The van der Waals surface area contributed by atoms with E-state index in [1.165, 1.54) is 25.7 Å². The van der Waals surface area contributed by atoms with Crippen LogP contribution in [0.2, 0.25) is 0 Å². The first kappa shape index (κ1) is 15.1. The molecular weight excluding hydrogens is 266 g/mol. The molecule has 2 saturated heterocycles. The van der Waals surface area contributed by atoms with Crippen LogP contribution in [0.15, 0.2) is 4.99 Å². The molecule has 1 N–H and O–H groups in total. The van der Waals surface area contributed by atoms with Gasteiger partial charge >= 0.3 is 0 Å². The summed E-state index contributed by atoms with van der Waals surface area (Å²) in [6.45, 7) is 5.96. The maximum absolute atomic E-state index is 5.61. The highest BCUT2D eigenvalue weighted by Gasteiger charge is 2.44. The minimum atomic E-state index is 0.394. The van der Waals surface area contributed by atoms with Gasteiger partial charge in [0, 0.05) is 52.4 Å². The van der Waals surface area contributed by atoms with Crippen molar-refractivity contribution in [2.24, 2.45) is 15.8 Å². The largest absolute Gasteiger partial charge is 0.385 e. The number of hydrogen-bond donors (Lipinski definition) is 1. The minimum Gasteiger partial charge on any atom is -0.385 e. The zero-order valence-electron chi connectivity index (χ0n) is 13.5. The van der Waals surface area contributed by atoms with E-state index in [2.05, 4.69) is 15.2 Å². The summed E-state index contributed by atoms with van der Waals surface area (Å²) in [7, 11) is 3.68. The molecule has 2 heterocycles. The maximum atomic E-state index is 5.61. The number of likely N-dealkylation sites (tertiary alicyclic amines) is 1. The second-order valence-electron chi connectivity index (χ2n) is 7.12. The summed E-state index contributed by atoms with van der Waals surface area (Å²) in [5, 5.41) is 3.61. The van der Waals surface area contributed by atoms with Crippen molar-refractivity contribution in [1.29, 1.82) is 0 Å². The smallest absolute Gasteiger partial charge is 0.193 e. The minimum absolute atomic E-state index is 0.394. The number of rotatable bonds is 5. The van der Waals surface area contributed by atoms with Gasteiger partial charge in [-0.3, -0.25) is 4.99 Å². The number of methoxy groups -OCH3 is 1. The Bertz CT molecular complexity index is 387. The van der Waals surface area contributed by atoms with Crippen LogP contribution in [0.4, 0.5) is 0 Å². The van der Waals surface area contributed by atoms with Crippen LogP contribution in [-0.2, 0) is 9.47 Å². The van der Waals surface area contributed by atoms with Gasteiger partial charge in [-0.15, -0.1) is 0 Å². The van der Waals surface area contributed by atoms with Gasteiger partial charge in [-0.2, -0.15) is 0 Å². The fraction of sp³-hybridized carbons (Fsp3) is 0.938. The molecule has 1 aliphatic carbocycles. The van der Waals surface area contributed by atoms with Crippen LogP contribution in [-0.4, -0.2) is 64.5 Å². The Morgan fingerprint density at radius 3 is 2.81 bits per heavy atom. The number of nitrogens with one attached hydrogen (secondary N) is 1. The van der Waals surface area contributed by atoms with Crippen molar-refractivity contribution in [3.8, 4) is 0 Å². The lowest BCUT2D eigenvalue weighted by molar-refractivity contribution is 0.156. The molecule has 1 unspecified atom stereocenters. The average molecular weight is 295 g/mol. The summed E-state index contributed by atoms with van der Waals surface area (Å²) in [5.74, 6) is 1.07. The molecule has 3 rings (SSSR count). The first-order chi connectivity index (χ1) is 10.2. The summed E-state index contributed by atoms with van der Waals surface area (Å²) >= 11 is 0. The molecule has 5 heteroatoms. The van der Waals surface area contributed by atoms with Gasteiger partial charge in [-0.1, -0.05) is 0 Å². The third kappa shape index (κ3) is 3.34. The van der Waals surface area contributed by atoms with E-state index in [0.717, 1.165) is 51.8 Å². The van der Waals surface area contributed by atoms with Crippen molar-refractivity contribution >= 4 is 5.96 Å². The summed E-state index contributed by atoms with van der Waals surface area (Å²) in [5.41, 5.74) is 0.852. The van der Waals surface area contributed by atoms with E-state index >= 15 is 0 Å². The third-order valence-electron chi connectivity index (χ3n) is 5.55. The molecule has 120 valence electrons. The maximum Gasteiger partial charge on any atom is 0.193 e. The highest BCUT2D eigenvalue weighted by atomic mass is 16.5. The standard InChI is InChI=1S/C16H29N3O2/c1-17-14(18-11-15(3-4-15)6-9-20-2)19-8-5-16(12-19)7-10-21-13-16/h3-13H2,1-2H3,(H,17,18). The van der Waals surface area contributed by atoms with Crippen LogP contribution in [0.5, 0.6) is 0 Å². The molecule has 1 atom stereocenters. The van der Waals surface area contributed by atoms with Crippen LogP contribution in [0.3, 0.4) is 0 Å². The lowest BCUT2D eigenvalue weighted by Gasteiger charge is -2.26. The Balaban J connectivity index is 1.50. The van der Waals surface area contributed by atoms with Crippen molar-refractivity contribution in [3.05, 3.63) is 0 Å². The van der Waals surface area contributed by atoms with Crippen LogP contribution < -0.4 is 5.32 Å². The molecule has 0 aromatic heterocycles. The van der Waals surface area contributed by atoms with Crippen molar-refractivity contribution < 1.29 is 9.47 Å². The SMILES string of the molecule is CN=C(NCC1(CCOC)CC1)N1CCC2(CCOC2)C1. The monoisotopic (exact) mass is 295 g/mol. The fourth-order valence-corrected chi connectivity index (χ4v) is 3.70.